The summed E-state index contributed by atoms with van der Waals surface area (Å²) < 4.78 is 5.11. The van der Waals surface area contributed by atoms with Crippen LogP contribution in [0.25, 0.3) is 0 Å². The van der Waals surface area contributed by atoms with E-state index in [2.05, 4.69) is 6.92 Å². The van der Waals surface area contributed by atoms with Gasteiger partial charge in [-0.15, -0.1) is 0 Å². The van der Waals surface area contributed by atoms with Gasteiger partial charge in [0.25, 0.3) is 0 Å². The molecule has 4 nitrogen and oxygen atoms in total. The van der Waals surface area contributed by atoms with Gasteiger partial charge >= 0.3 is 41.5 Å². The van der Waals surface area contributed by atoms with Crippen LogP contribution in [0.15, 0.2) is 0 Å². The Balaban J connectivity index is -0.00000180. The van der Waals surface area contributed by atoms with E-state index in [1.54, 1.807) is 0 Å². The van der Waals surface area contributed by atoms with Gasteiger partial charge in [0, 0.05) is 12.8 Å². The summed E-state index contributed by atoms with van der Waals surface area (Å²) in [5.41, 5.74) is 0. The monoisotopic (exact) mass is 310 g/mol. The third-order valence-electron chi connectivity index (χ3n) is 3.28. The molecule has 0 saturated heterocycles. The number of hydrogen-bond acceptors (Lipinski definition) is 3. The predicted molar refractivity (Wildman–Crippen MR) is 80.8 cm³/mol. The fourth-order valence-corrected chi connectivity index (χ4v) is 2.04. The zero-order valence-electron chi connectivity index (χ0n) is 14.9. The average Bonchev–Trinajstić information content (AvgIpc) is 2.41. The SMILES string of the molecule is CCCCCCCCCCOC(=O)CCCCC(=O)O.[H-].[Na+]. The molecule has 0 aromatic heterocycles. The molecule has 0 spiro atoms. The number of rotatable bonds is 14. The Morgan fingerprint density at radius 2 is 1.38 bits per heavy atom. The van der Waals surface area contributed by atoms with Crippen LogP contribution in [-0.4, -0.2) is 23.7 Å². The molecule has 0 unspecified atom stereocenters. The van der Waals surface area contributed by atoms with Gasteiger partial charge in [-0.05, 0) is 19.3 Å². The van der Waals surface area contributed by atoms with Gasteiger partial charge in [0.15, 0.2) is 0 Å². The van der Waals surface area contributed by atoms with Gasteiger partial charge in [-0.2, -0.15) is 0 Å². The normalized spacial score (nSPS) is 9.95. The quantitative estimate of drug-likeness (QED) is 0.299. The summed E-state index contributed by atoms with van der Waals surface area (Å²) in [6, 6.07) is 0. The number of aliphatic carboxylic acids is 1. The molecular formula is C16H31NaO4. The Labute approximate surface area is 152 Å². The Morgan fingerprint density at radius 3 is 1.95 bits per heavy atom. The summed E-state index contributed by atoms with van der Waals surface area (Å²) in [4.78, 5) is 21.6. The van der Waals surface area contributed by atoms with Crippen LogP contribution in [0.3, 0.4) is 0 Å². The molecule has 0 heterocycles. The molecule has 1 N–H and O–H groups in total. The van der Waals surface area contributed by atoms with Crippen molar-refractivity contribution in [3.8, 4) is 0 Å². The van der Waals surface area contributed by atoms with Crippen molar-refractivity contribution in [2.75, 3.05) is 6.61 Å². The minimum atomic E-state index is -0.808. The van der Waals surface area contributed by atoms with Gasteiger partial charge in [0.05, 0.1) is 6.61 Å². The number of hydrogen-bond donors (Lipinski definition) is 1. The van der Waals surface area contributed by atoms with E-state index in [1.165, 1.54) is 38.5 Å². The second-order valence-corrected chi connectivity index (χ2v) is 5.30. The fraction of sp³-hybridized carbons (Fsp3) is 0.875. The second-order valence-electron chi connectivity index (χ2n) is 5.30. The van der Waals surface area contributed by atoms with Crippen LogP contribution in [0.4, 0.5) is 0 Å². The van der Waals surface area contributed by atoms with E-state index >= 15 is 0 Å². The molecular weight excluding hydrogens is 279 g/mol. The molecule has 0 amide bonds. The van der Waals surface area contributed by atoms with Crippen molar-refractivity contribution < 1.29 is 50.4 Å². The van der Waals surface area contributed by atoms with Crippen LogP contribution in [0.5, 0.6) is 0 Å². The number of carboxylic acid groups (broad SMARTS) is 1. The topological polar surface area (TPSA) is 63.6 Å². The van der Waals surface area contributed by atoms with Crippen molar-refractivity contribution in [3.05, 3.63) is 0 Å². The Bertz CT molecular complexity index is 263. The van der Waals surface area contributed by atoms with Crippen LogP contribution in [-0.2, 0) is 14.3 Å². The minimum absolute atomic E-state index is 0. The van der Waals surface area contributed by atoms with E-state index in [0.717, 1.165) is 12.8 Å². The van der Waals surface area contributed by atoms with E-state index in [-0.39, 0.29) is 43.4 Å². The van der Waals surface area contributed by atoms with Crippen LogP contribution in [0.1, 0.15) is 85.4 Å². The molecule has 0 radical (unpaired) electrons. The first-order valence-electron chi connectivity index (χ1n) is 8.04. The number of ether oxygens (including phenoxy) is 1. The summed E-state index contributed by atoms with van der Waals surface area (Å²) in [5.74, 6) is -1.00. The summed E-state index contributed by atoms with van der Waals surface area (Å²) >= 11 is 0. The van der Waals surface area contributed by atoms with Crippen molar-refractivity contribution in [1.82, 2.24) is 0 Å². The molecule has 0 aromatic carbocycles. The van der Waals surface area contributed by atoms with Gasteiger partial charge in [-0.1, -0.05) is 51.9 Å². The van der Waals surface area contributed by atoms with Crippen LogP contribution < -0.4 is 29.6 Å². The Kier molecular flexibility index (Phi) is 19.9. The number of carboxylic acids is 1. The van der Waals surface area contributed by atoms with Crippen molar-refractivity contribution in [1.29, 1.82) is 0 Å². The van der Waals surface area contributed by atoms with E-state index < -0.39 is 5.97 Å². The summed E-state index contributed by atoms with van der Waals surface area (Å²) in [6.45, 7) is 2.72. The number of carbonyl (C=O) groups is 2. The van der Waals surface area contributed by atoms with E-state index in [9.17, 15) is 9.59 Å². The number of carbonyl (C=O) groups excluding carboxylic acids is 1. The van der Waals surface area contributed by atoms with Gasteiger partial charge in [-0.25, -0.2) is 0 Å². The van der Waals surface area contributed by atoms with E-state index in [4.69, 9.17) is 9.84 Å². The maximum absolute atomic E-state index is 11.3. The molecule has 0 aliphatic rings. The van der Waals surface area contributed by atoms with Crippen molar-refractivity contribution in [3.63, 3.8) is 0 Å². The zero-order valence-corrected chi connectivity index (χ0v) is 15.9. The molecule has 120 valence electrons. The first-order chi connectivity index (χ1) is 9.66. The van der Waals surface area contributed by atoms with Crippen molar-refractivity contribution in [2.24, 2.45) is 0 Å². The molecule has 0 fully saturated rings. The molecule has 0 rings (SSSR count). The van der Waals surface area contributed by atoms with E-state index in [1.807, 2.05) is 0 Å². The maximum atomic E-state index is 11.3. The van der Waals surface area contributed by atoms with Gasteiger partial charge in [0.1, 0.15) is 0 Å². The molecule has 0 aliphatic heterocycles. The van der Waals surface area contributed by atoms with Gasteiger partial charge < -0.3 is 11.3 Å². The molecule has 21 heavy (non-hydrogen) atoms. The molecule has 0 bridgehead atoms. The first-order valence-corrected chi connectivity index (χ1v) is 8.04. The summed E-state index contributed by atoms with van der Waals surface area (Å²) in [7, 11) is 0. The largest absolute Gasteiger partial charge is 1.00 e. The van der Waals surface area contributed by atoms with Crippen LogP contribution in [0.2, 0.25) is 0 Å². The third kappa shape index (κ3) is 19.9. The second kappa shape index (κ2) is 18.0. The van der Waals surface area contributed by atoms with Crippen LogP contribution >= 0.6 is 0 Å². The zero-order chi connectivity index (χ0) is 15.1. The van der Waals surface area contributed by atoms with Gasteiger partial charge in [0.2, 0.25) is 0 Å². The van der Waals surface area contributed by atoms with Crippen LogP contribution in [0, 0.1) is 0 Å². The Hall–Kier alpha value is -0.0600. The number of unbranched alkanes of at least 4 members (excludes halogenated alkanes) is 8. The summed E-state index contributed by atoms with van der Waals surface area (Å²) in [5, 5.41) is 8.45. The minimum Gasteiger partial charge on any atom is -1.00 e. The Morgan fingerprint density at radius 1 is 0.857 bits per heavy atom. The standard InChI is InChI=1S/C16H30O4.Na.H/c1-2-3-4-5-6-7-8-11-14-20-16(19)13-10-9-12-15(17)18;;/h2-14H2,1H3,(H,17,18);;/q;+1;-1. The number of esters is 1. The van der Waals surface area contributed by atoms with Crippen molar-refractivity contribution >= 4 is 11.9 Å². The molecule has 0 saturated carbocycles. The van der Waals surface area contributed by atoms with Crippen molar-refractivity contribution in [2.45, 2.75) is 84.0 Å². The average molecular weight is 310 g/mol. The molecule has 0 atom stereocenters. The predicted octanol–water partition coefficient (Wildman–Crippen LogP) is 1.43. The van der Waals surface area contributed by atoms with E-state index in [0.29, 0.717) is 25.9 Å². The third-order valence-corrected chi connectivity index (χ3v) is 3.28. The first kappa shape index (κ1) is 23.2. The maximum Gasteiger partial charge on any atom is 1.00 e. The molecule has 0 aliphatic carbocycles. The fourth-order valence-electron chi connectivity index (χ4n) is 2.04. The van der Waals surface area contributed by atoms with Gasteiger partial charge in [-0.3, -0.25) is 9.59 Å². The molecule has 0 aromatic rings. The smallest absolute Gasteiger partial charge is 1.00 e. The molecule has 5 heteroatoms. The summed E-state index contributed by atoms with van der Waals surface area (Å²) in [6.07, 6.45) is 11.4.